The zero-order valence-electron chi connectivity index (χ0n) is 13.6. The van der Waals surface area contributed by atoms with Crippen LogP contribution < -0.4 is 0 Å². The van der Waals surface area contributed by atoms with Gasteiger partial charge in [0.25, 0.3) is 11.8 Å². The molecule has 23 heavy (non-hydrogen) atoms. The van der Waals surface area contributed by atoms with Gasteiger partial charge in [-0.05, 0) is 51.8 Å². The Morgan fingerprint density at radius 3 is 2.13 bits per heavy atom. The van der Waals surface area contributed by atoms with Gasteiger partial charge in [-0.15, -0.1) is 0 Å². The van der Waals surface area contributed by atoms with E-state index in [-0.39, 0.29) is 11.8 Å². The molecule has 1 fully saturated rings. The van der Waals surface area contributed by atoms with E-state index in [0.717, 1.165) is 31.5 Å². The van der Waals surface area contributed by atoms with Crippen molar-refractivity contribution in [3.05, 3.63) is 46.5 Å². The first-order chi connectivity index (χ1) is 11.0. The molecule has 0 saturated carbocycles. The molecule has 0 aliphatic carbocycles. The molecule has 0 aromatic heterocycles. The van der Waals surface area contributed by atoms with E-state index in [1.54, 1.807) is 31.1 Å². The summed E-state index contributed by atoms with van der Waals surface area (Å²) in [4.78, 5) is 28.2. The van der Waals surface area contributed by atoms with E-state index in [4.69, 9.17) is 0 Å². The normalized spacial score (nSPS) is 18.4. The predicted molar refractivity (Wildman–Crippen MR) is 89.2 cm³/mol. The van der Waals surface area contributed by atoms with Crippen molar-refractivity contribution < 1.29 is 14.6 Å². The van der Waals surface area contributed by atoms with Crippen LogP contribution in [0, 0.1) is 0 Å². The highest BCUT2D eigenvalue weighted by Gasteiger charge is 2.35. The molecule has 0 unspecified atom stereocenters. The smallest absolute Gasteiger partial charge is 0.376 e. The van der Waals surface area contributed by atoms with Crippen LogP contribution in [0.15, 0.2) is 35.4 Å². The van der Waals surface area contributed by atoms with Crippen molar-refractivity contribution in [2.75, 3.05) is 19.6 Å². The number of hydrogen-bond donors (Lipinski definition) is 1. The third kappa shape index (κ3) is 2.96. The van der Waals surface area contributed by atoms with Crippen molar-refractivity contribution in [2.24, 2.45) is 0 Å². The van der Waals surface area contributed by atoms with Gasteiger partial charge in [0.15, 0.2) is 0 Å². The van der Waals surface area contributed by atoms with E-state index in [9.17, 15) is 14.6 Å². The molecule has 1 saturated heterocycles. The van der Waals surface area contributed by atoms with Gasteiger partial charge in [0.2, 0.25) is 0 Å². The molecule has 0 spiro atoms. The largest absolute Gasteiger partial charge is 0.437 e. The van der Waals surface area contributed by atoms with Gasteiger partial charge in [-0.2, -0.15) is 0 Å². The van der Waals surface area contributed by atoms with Crippen LogP contribution in [0.2, 0.25) is 6.82 Å². The molecule has 2 aliphatic rings. The summed E-state index contributed by atoms with van der Waals surface area (Å²) in [5, 5.41) is 9.61. The fourth-order valence-electron chi connectivity index (χ4n) is 3.33. The maximum absolute atomic E-state index is 12.4. The van der Waals surface area contributed by atoms with E-state index in [0.29, 0.717) is 17.7 Å². The predicted octanol–water partition coefficient (Wildman–Crippen LogP) is 1.81. The Balaban J connectivity index is 1.72. The van der Waals surface area contributed by atoms with Crippen molar-refractivity contribution in [3.63, 3.8) is 0 Å². The third-order valence-corrected chi connectivity index (χ3v) is 4.81. The monoisotopic (exact) mass is 312 g/mol. The van der Waals surface area contributed by atoms with E-state index in [2.05, 4.69) is 0 Å². The molecule has 0 bridgehead atoms. The minimum atomic E-state index is -0.423. The number of nitrogens with zero attached hydrogens (tertiary/aromatic N) is 2. The van der Waals surface area contributed by atoms with Gasteiger partial charge in [-0.1, -0.05) is 23.3 Å². The van der Waals surface area contributed by atoms with Gasteiger partial charge in [-0.3, -0.25) is 14.5 Å². The van der Waals surface area contributed by atoms with Gasteiger partial charge in [0, 0.05) is 0 Å². The number of hydrogen-bond acceptors (Lipinski definition) is 4. The van der Waals surface area contributed by atoms with Gasteiger partial charge in [-0.25, -0.2) is 0 Å². The lowest BCUT2D eigenvalue weighted by Gasteiger charge is -2.30. The number of benzene rings is 1. The van der Waals surface area contributed by atoms with Gasteiger partial charge in [0.1, 0.15) is 0 Å². The quantitative estimate of drug-likeness (QED) is 0.525. The molecular weight excluding hydrogens is 291 g/mol. The number of piperidine rings is 1. The van der Waals surface area contributed by atoms with Crippen molar-refractivity contribution in [3.8, 4) is 0 Å². The second-order valence-electron chi connectivity index (χ2n) is 6.29. The Bertz CT molecular complexity index is 639. The average Bonchev–Trinajstić information content (AvgIpc) is 2.80. The molecule has 120 valence electrons. The molecule has 1 aromatic carbocycles. The number of imide groups is 1. The van der Waals surface area contributed by atoms with Crippen LogP contribution >= 0.6 is 0 Å². The molecule has 0 radical (unpaired) electrons. The Hall–Kier alpha value is -1.92. The second-order valence-corrected chi connectivity index (χ2v) is 6.29. The lowest BCUT2D eigenvalue weighted by atomic mass is 9.81. The van der Waals surface area contributed by atoms with E-state index >= 15 is 0 Å². The first-order valence-electron chi connectivity index (χ1n) is 8.04. The molecule has 3 rings (SSSR count). The minimum absolute atomic E-state index is 0.202. The van der Waals surface area contributed by atoms with Crippen molar-refractivity contribution in [1.82, 2.24) is 9.71 Å². The van der Waals surface area contributed by atoms with Crippen LogP contribution in [0.4, 0.5) is 0 Å². The van der Waals surface area contributed by atoms with Crippen LogP contribution in [-0.4, -0.2) is 53.2 Å². The molecule has 5 nitrogen and oxygen atoms in total. The zero-order chi connectivity index (χ0) is 16.6. The summed E-state index contributed by atoms with van der Waals surface area (Å²) in [5.74, 6) is -0.404. The molecular formula is C17H21BN2O3. The Kier molecular flexibility index (Phi) is 4.37. The van der Waals surface area contributed by atoms with Crippen LogP contribution in [0.3, 0.4) is 0 Å². The molecule has 1 N–H and O–H groups in total. The fourth-order valence-corrected chi connectivity index (χ4v) is 3.33. The molecule has 2 heterocycles. The number of carbonyl (C=O) groups is 2. The Morgan fingerprint density at radius 2 is 1.65 bits per heavy atom. The minimum Gasteiger partial charge on any atom is -0.437 e. The number of carbonyl (C=O) groups excluding carboxylic acids is 2. The first kappa shape index (κ1) is 16.0. The standard InChI is InChI=1S/C17H21BN2O3/c1-12(13-7-9-19(10-8-13)18(2)23)11-20-16(21)14-5-3-4-6-15(14)17(20)22/h3-6,23H,7-11H2,1-2H3. The summed E-state index contributed by atoms with van der Waals surface area (Å²) < 4.78 is 0. The van der Waals surface area contributed by atoms with Gasteiger partial charge in [0.05, 0.1) is 17.7 Å². The maximum Gasteiger partial charge on any atom is 0.376 e. The molecule has 0 atom stereocenters. The summed E-state index contributed by atoms with van der Waals surface area (Å²) >= 11 is 0. The van der Waals surface area contributed by atoms with Crippen LogP contribution in [0.5, 0.6) is 0 Å². The van der Waals surface area contributed by atoms with Crippen molar-refractivity contribution >= 4 is 18.9 Å². The third-order valence-electron chi connectivity index (χ3n) is 4.81. The van der Waals surface area contributed by atoms with Gasteiger partial charge < -0.3 is 9.83 Å². The lowest BCUT2D eigenvalue weighted by Crippen LogP contribution is -2.41. The van der Waals surface area contributed by atoms with E-state index < -0.39 is 7.05 Å². The SMILES string of the molecule is CB(O)N1CCC(=C(C)CN2C(=O)c3ccccc3C2=O)CC1. The Labute approximate surface area is 136 Å². The van der Waals surface area contributed by atoms with Crippen LogP contribution in [-0.2, 0) is 0 Å². The summed E-state index contributed by atoms with van der Waals surface area (Å²) in [5.41, 5.74) is 3.38. The average molecular weight is 312 g/mol. The van der Waals surface area contributed by atoms with E-state index in [1.165, 1.54) is 10.5 Å². The number of amides is 2. The topological polar surface area (TPSA) is 60.9 Å². The maximum atomic E-state index is 12.4. The second kappa shape index (κ2) is 6.30. The summed E-state index contributed by atoms with van der Waals surface area (Å²) in [7, 11) is -0.423. The zero-order valence-corrected chi connectivity index (χ0v) is 13.6. The molecule has 2 aliphatic heterocycles. The molecule has 1 aromatic rings. The number of fused-ring (bicyclic) bond motifs is 1. The van der Waals surface area contributed by atoms with Crippen molar-refractivity contribution in [1.29, 1.82) is 0 Å². The lowest BCUT2D eigenvalue weighted by molar-refractivity contribution is 0.0667. The molecule has 6 heteroatoms. The summed E-state index contributed by atoms with van der Waals surface area (Å²) in [6.07, 6.45) is 1.75. The summed E-state index contributed by atoms with van der Waals surface area (Å²) in [6.45, 7) is 5.76. The molecule has 2 amide bonds. The van der Waals surface area contributed by atoms with Crippen molar-refractivity contribution in [2.45, 2.75) is 26.6 Å². The fraction of sp³-hybridized carbons (Fsp3) is 0.412. The highest BCUT2D eigenvalue weighted by Crippen LogP contribution is 2.26. The van der Waals surface area contributed by atoms with Crippen LogP contribution in [0.25, 0.3) is 0 Å². The number of rotatable bonds is 3. The summed E-state index contributed by atoms with van der Waals surface area (Å²) in [6, 6.07) is 6.98. The first-order valence-corrected chi connectivity index (χ1v) is 8.04. The van der Waals surface area contributed by atoms with E-state index in [1.807, 2.05) is 11.7 Å². The van der Waals surface area contributed by atoms with Crippen LogP contribution in [0.1, 0.15) is 40.5 Å². The highest BCUT2D eigenvalue weighted by molar-refractivity contribution is 6.45. The van der Waals surface area contributed by atoms with Gasteiger partial charge >= 0.3 is 7.05 Å². The Morgan fingerprint density at radius 1 is 1.13 bits per heavy atom. The highest BCUT2D eigenvalue weighted by atomic mass is 16.2.